The molecule has 0 unspecified atom stereocenters. The van der Waals surface area contributed by atoms with Gasteiger partial charge in [-0.1, -0.05) is 6.92 Å². The fourth-order valence-electron chi connectivity index (χ4n) is 2.04. The van der Waals surface area contributed by atoms with Crippen LogP contribution in [0.1, 0.15) is 29.5 Å². The molecule has 7 nitrogen and oxygen atoms in total. The van der Waals surface area contributed by atoms with E-state index in [4.69, 9.17) is 9.84 Å². The van der Waals surface area contributed by atoms with Crippen molar-refractivity contribution in [2.24, 2.45) is 0 Å². The van der Waals surface area contributed by atoms with Gasteiger partial charge in [0.25, 0.3) is 5.91 Å². The molecule has 0 saturated carbocycles. The molecule has 1 aromatic heterocycles. The molecule has 2 rings (SSSR count). The quantitative estimate of drug-likeness (QED) is 0.817. The molecule has 2 N–H and O–H groups in total. The number of amides is 1. The third-order valence-electron chi connectivity index (χ3n) is 3.06. The van der Waals surface area contributed by atoms with Gasteiger partial charge in [-0.05, 0) is 12.5 Å². The maximum Gasteiger partial charge on any atom is 0.306 e. The van der Waals surface area contributed by atoms with Gasteiger partial charge in [-0.25, -0.2) is 0 Å². The lowest BCUT2D eigenvalue weighted by molar-refractivity contribution is -0.141. The largest absolute Gasteiger partial charge is 0.481 e. The molecule has 0 aromatic carbocycles. The molecule has 104 valence electrons. The maximum absolute atomic E-state index is 12.2. The highest BCUT2D eigenvalue weighted by molar-refractivity contribution is 5.92. The van der Waals surface area contributed by atoms with E-state index in [2.05, 4.69) is 10.2 Å². The van der Waals surface area contributed by atoms with Crippen molar-refractivity contribution in [3.63, 3.8) is 0 Å². The van der Waals surface area contributed by atoms with Crippen molar-refractivity contribution in [3.8, 4) is 0 Å². The Morgan fingerprint density at radius 1 is 1.63 bits per heavy atom. The first-order chi connectivity index (χ1) is 9.10. The number of H-pyrrole nitrogens is 1. The first-order valence-electron chi connectivity index (χ1n) is 6.27. The van der Waals surface area contributed by atoms with Crippen LogP contribution >= 0.6 is 0 Å². The SMILES string of the molecule is CCc1cc(C(=O)N2CCO[C@H](CC(=O)O)C2)n[nH]1. The van der Waals surface area contributed by atoms with Crippen molar-refractivity contribution in [2.75, 3.05) is 19.7 Å². The summed E-state index contributed by atoms with van der Waals surface area (Å²) in [7, 11) is 0. The molecule has 1 aliphatic heterocycles. The van der Waals surface area contributed by atoms with Crippen LogP contribution in [0.3, 0.4) is 0 Å². The smallest absolute Gasteiger partial charge is 0.306 e. The van der Waals surface area contributed by atoms with Crippen LogP contribution < -0.4 is 0 Å². The summed E-state index contributed by atoms with van der Waals surface area (Å²) in [6.07, 6.45) is 0.245. The van der Waals surface area contributed by atoms with Crippen molar-refractivity contribution in [3.05, 3.63) is 17.5 Å². The van der Waals surface area contributed by atoms with Crippen LogP contribution in [0.2, 0.25) is 0 Å². The molecular weight excluding hydrogens is 250 g/mol. The standard InChI is InChI=1S/C12H17N3O4/c1-2-8-5-10(14-13-8)12(18)15-3-4-19-9(7-15)6-11(16)17/h5,9H,2-4,6-7H2,1H3,(H,13,14)(H,16,17)/t9-/m1/s1. The van der Waals surface area contributed by atoms with E-state index in [1.165, 1.54) is 0 Å². The summed E-state index contributed by atoms with van der Waals surface area (Å²) in [5.41, 5.74) is 1.27. The average molecular weight is 267 g/mol. The molecule has 2 heterocycles. The van der Waals surface area contributed by atoms with Gasteiger partial charge < -0.3 is 14.7 Å². The number of carboxylic acids is 1. The fraction of sp³-hybridized carbons (Fsp3) is 0.583. The normalized spacial score (nSPS) is 19.4. The van der Waals surface area contributed by atoms with Crippen LogP contribution in [-0.2, 0) is 16.0 Å². The Balaban J connectivity index is 2.00. The van der Waals surface area contributed by atoms with Crippen molar-refractivity contribution in [2.45, 2.75) is 25.9 Å². The van der Waals surface area contributed by atoms with Crippen LogP contribution in [0.15, 0.2) is 6.07 Å². The van der Waals surface area contributed by atoms with Crippen LogP contribution in [0.5, 0.6) is 0 Å². The second-order valence-corrected chi connectivity index (χ2v) is 4.47. The van der Waals surface area contributed by atoms with E-state index in [9.17, 15) is 9.59 Å². The van der Waals surface area contributed by atoms with Crippen LogP contribution in [0, 0.1) is 0 Å². The Morgan fingerprint density at radius 3 is 3.05 bits per heavy atom. The second kappa shape index (κ2) is 5.83. The molecule has 0 bridgehead atoms. The van der Waals surface area contributed by atoms with Crippen molar-refractivity contribution in [1.82, 2.24) is 15.1 Å². The molecule has 1 aromatic rings. The summed E-state index contributed by atoms with van der Waals surface area (Å²) in [4.78, 5) is 24.4. The van der Waals surface area contributed by atoms with Crippen molar-refractivity contribution < 1.29 is 19.4 Å². The van der Waals surface area contributed by atoms with Gasteiger partial charge in [0.15, 0.2) is 0 Å². The van der Waals surface area contributed by atoms with Gasteiger partial charge in [0.05, 0.1) is 19.1 Å². The number of rotatable bonds is 4. The zero-order valence-corrected chi connectivity index (χ0v) is 10.8. The van der Waals surface area contributed by atoms with E-state index in [0.717, 1.165) is 12.1 Å². The summed E-state index contributed by atoms with van der Waals surface area (Å²) < 4.78 is 5.33. The zero-order valence-electron chi connectivity index (χ0n) is 10.8. The van der Waals surface area contributed by atoms with Gasteiger partial charge in [0.2, 0.25) is 0 Å². The number of aryl methyl sites for hydroxylation is 1. The first-order valence-corrected chi connectivity index (χ1v) is 6.27. The highest BCUT2D eigenvalue weighted by Gasteiger charge is 2.27. The number of aromatic nitrogens is 2. The Bertz CT molecular complexity index is 471. The Morgan fingerprint density at radius 2 is 2.42 bits per heavy atom. The third-order valence-corrected chi connectivity index (χ3v) is 3.06. The molecule has 0 spiro atoms. The lowest BCUT2D eigenvalue weighted by Gasteiger charge is -2.31. The maximum atomic E-state index is 12.2. The zero-order chi connectivity index (χ0) is 13.8. The first kappa shape index (κ1) is 13.5. The van der Waals surface area contributed by atoms with Gasteiger partial charge in [-0.2, -0.15) is 5.10 Å². The van der Waals surface area contributed by atoms with E-state index < -0.39 is 12.1 Å². The van der Waals surface area contributed by atoms with Crippen LogP contribution in [0.25, 0.3) is 0 Å². The number of carboxylic acid groups (broad SMARTS) is 1. The predicted octanol–water partition coefficient (Wildman–Crippen LogP) is 0.288. The molecule has 0 radical (unpaired) electrons. The minimum absolute atomic E-state index is 0.0927. The summed E-state index contributed by atoms with van der Waals surface area (Å²) in [5.74, 6) is -1.11. The average Bonchev–Trinajstić information content (AvgIpc) is 2.86. The number of carbonyl (C=O) groups excluding carboxylic acids is 1. The number of morpholine rings is 1. The van der Waals surface area contributed by atoms with E-state index in [-0.39, 0.29) is 12.3 Å². The predicted molar refractivity (Wildman–Crippen MR) is 65.9 cm³/mol. The number of aliphatic carboxylic acids is 1. The van der Waals surface area contributed by atoms with Crippen molar-refractivity contribution >= 4 is 11.9 Å². The fourth-order valence-corrected chi connectivity index (χ4v) is 2.04. The molecule has 1 fully saturated rings. The molecule has 19 heavy (non-hydrogen) atoms. The molecule has 0 aliphatic carbocycles. The minimum atomic E-state index is -0.924. The van der Waals surface area contributed by atoms with Gasteiger partial charge in [0, 0.05) is 18.8 Å². The van der Waals surface area contributed by atoms with Crippen molar-refractivity contribution in [1.29, 1.82) is 0 Å². The highest BCUT2D eigenvalue weighted by Crippen LogP contribution is 2.12. The minimum Gasteiger partial charge on any atom is -0.481 e. The van der Waals surface area contributed by atoms with Gasteiger partial charge >= 0.3 is 5.97 Å². The van der Waals surface area contributed by atoms with E-state index in [1.54, 1.807) is 11.0 Å². The topological polar surface area (TPSA) is 95.5 Å². The third kappa shape index (κ3) is 3.31. The number of ether oxygens (including phenoxy) is 1. The molecular formula is C12H17N3O4. The number of nitrogens with one attached hydrogen (secondary N) is 1. The number of hydrogen-bond donors (Lipinski definition) is 2. The Kier molecular flexibility index (Phi) is 4.16. The Hall–Kier alpha value is -1.89. The number of hydrogen-bond acceptors (Lipinski definition) is 4. The number of carbonyl (C=O) groups is 2. The summed E-state index contributed by atoms with van der Waals surface area (Å²) in [6.45, 7) is 3.08. The molecule has 1 atom stereocenters. The van der Waals surface area contributed by atoms with E-state index in [0.29, 0.717) is 25.4 Å². The van der Waals surface area contributed by atoms with Gasteiger partial charge in [0.1, 0.15) is 5.69 Å². The van der Waals surface area contributed by atoms with E-state index >= 15 is 0 Å². The lowest BCUT2D eigenvalue weighted by Crippen LogP contribution is -2.46. The van der Waals surface area contributed by atoms with Gasteiger partial charge in [-0.15, -0.1) is 0 Å². The number of nitrogens with zero attached hydrogens (tertiary/aromatic N) is 2. The van der Waals surface area contributed by atoms with E-state index in [1.807, 2.05) is 6.92 Å². The molecule has 7 heteroatoms. The van der Waals surface area contributed by atoms with Crippen LogP contribution in [0.4, 0.5) is 0 Å². The molecule has 1 aliphatic rings. The molecule has 1 saturated heterocycles. The lowest BCUT2D eigenvalue weighted by atomic mass is 10.2. The van der Waals surface area contributed by atoms with Gasteiger partial charge in [-0.3, -0.25) is 14.7 Å². The summed E-state index contributed by atoms with van der Waals surface area (Å²) in [6, 6.07) is 1.73. The van der Waals surface area contributed by atoms with Crippen LogP contribution in [-0.4, -0.2) is 57.9 Å². The monoisotopic (exact) mass is 267 g/mol. The highest BCUT2D eigenvalue weighted by atomic mass is 16.5. The molecule has 1 amide bonds. The summed E-state index contributed by atoms with van der Waals surface area (Å²) in [5, 5.41) is 15.5. The Labute approximate surface area is 110 Å². The number of aromatic amines is 1. The summed E-state index contributed by atoms with van der Waals surface area (Å²) >= 11 is 0. The second-order valence-electron chi connectivity index (χ2n) is 4.47.